The predicted molar refractivity (Wildman–Crippen MR) is 94.2 cm³/mol. The van der Waals surface area contributed by atoms with Crippen LogP contribution in [0.3, 0.4) is 0 Å². The van der Waals surface area contributed by atoms with Gasteiger partial charge >= 0.3 is 0 Å². The van der Waals surface area contributed by atoms with Gasteiger partial charge in [0.05, 0.1) is 19.8 Å². The average Bonchev–Trinajstić information content (AvgIpc) is 2.68. The molecule has 25 heavy (non-hydrogen) atoms. The molecule has 1 aliphatic heterocycles. The van der Waals surface area contributed by atoms with Gasteiger partial charge in [-0.25, -0.2) is 9.97 Å². The molecule has 1 aromatic heterocycles. The van der Waals surface area contributed by atoms with Crippen molar-refractivity contribution >= 4 is 11.7 Å². The number of aromatic nitrogens is 2. The van der Waals surface area contributed by atoms with Gasteiger partial charge in [-0.1, -0.05) is 6.08 Å². The molecular weight excluding hydrogens is 320 g/mol. The predicted octanol–water partition coefficient (Wildman–Crippen LogP) is 1.94. The number of nitrogens with one attached hydrogen (secondary N) is 1. The number of methoxy groups -OCH3 is 1. The summed E-state index contributed by atoms with van der Waals surface area (Å²) in [5.74, 6) is 1.46. The molecule has 1 fully saturated rings. The van der Waals surface area contributed by atoms with E-state index >= 15 is 0 Å². The Morgan fingerprint density at radius 3 is 3.20 bits per heavy atom. The van der Waals surface area contributed by atoms with E-state index in [4.69, 9.17) is 9.47 Å². The van der Waals surface area contributed by atoms with Crippen LogP contribution in [0.25, 0.3) is 0 Å². The molecule has 7 heteroatoms. The minimum absolute atomic E-state index is 0.106. The van der Waals surface area contributed by atoms with Crippen LogP contribution in [0.5, 0.6) is 0 Å². The van der Waals surface area contributed by atoms with E-state index in [1.807, 2.05) is 11.0 Å². The summed E-state index contributed by atoms with van der Waals surface area (Å²) in [5.41, 5.74) is 0.924. The minimum atomic E-state index is -0.242. The lowest BCUT2D eigenvalue weighted by atomic mass is 9.98. The number of anilines is 1. The zero-order valence-corrected chi connectivity index (χ0v) is 14.7. The number of allylic oxidation sites excluding steroid dienone is 1. The molecule has 0 radical (unpaired) electrons. The molecule has 1 atom stereocenters. The fourth-order valence-electron chi connectivity index (χ4n) is 3.19. The molecule has 0 bridgehead atoms. The highest BCUT2D eigenvalue weighted by atomic mass is 16.5. The second-order valence-corrected chi connectivity index (χ2v) is 6.28. The molecule has 1 aliphatic carbocycles. The summed E-state index contributed by atoms with van der Waals surface area (Å²) in [6.45, 7) is 2.83. The number of hydrogen-bond acceptors (Lipinski definition) is 6. The molecule has 1 aromatic rings. The number of rotatable bonds is 6. The van der Waals surface area contributed by atoms with E-state index in [0.717, 1.165) is 30.7 Å². The van der Waals surface area contributed by atoms with E-state index in [0.29, 0.717) is 38.7 Å². The third-order valence-corrected chi connectivity index (χ3v) is 4.54. The van der Waals surface area contributed by atoms with Crippen LogP contribution in [-0.2, 0) is 14.3 Å². The molecule has 3 rings (SSSR count). The smallest absolute Gasteiger partial charge is 0.250 e. The van der Waals surface area contributed by atoms with Gasteiger partial charge in [0.2, 0.25) is 5.91 Å². The Balaban J connectivity index is 1.75. The van der Waals surface area contributed by atoms with Gasteiger partial charge in [-0.2, -0.15) is 0 Å². The first-order valence-corrected chi connectivity index (χ1v) is 8.93. The standard InChI is InChI=1S/C18H26N4O3/c1-24-11-9-19-16-7-8-20-17(21-16)15-13-25-12-10-22(15)18(23)14-5-3-2-4-6-14/h5,7-8,15H,2-4,6,9-13H2,1H3,(H,19,20,21)/t15-/m1/s1. The molecule has 1 amide bonds. The highest BCUT2D eigenvalue weighted by molar-refractivity contribution is 5.93. The minimum Gasteiger partial charge on any atom is -0.383 e. The van der Waals surface area contributed by atoms with E-state index in [2.05, 4.69) is 21.4 Å². The summed E-state index contributed by atoms with van der Waals surface area (Å²) in [6.07, 6.45) is 7.91. The largest absolute Gasteiger partial charge is 0.383 e. The van der Waals surface area contributed by atoms with Crippen molar-refractivity contribution in [1.82, 2.24) is 14.9 Å². The van der Waals surface area contributed by atoms with Crippen molar-refractivity contribution in [3.05, 3.63) is 29.7 Å². The second kappa shape index (κ2) is 8.92. The Morgan fingerprint density at radius 1 is 1.48 bits per heavy atom. The number of carbonyl (C=O) groups excluding carboxylic acids is 1. The zero-order valence-electron chi connectivity index (χ0n) is 14.7. The van der Waals surface area contributed by atoms with Crippen LogP contribution in [0.1, 0.15) is 37.5 Å². The summed E-state index contributed by atoms with van der Waals surface area (Å²) in [7, 11) is 1.66. The Kier molecular flexibility index (Phi) is 6.36. The molecule has 0 spiro atoms. The Labute approximate surface area is 148 Å². The summed E-state index contributed by atoms with van der Waals surface area (Å²) in [6, 6.07) is 1.58. The van der Waals surface area contributed by atoms with Crippen molar-refractivity contribution in [2.75, 3.05) is 45.3 Å². The molecule has 1 saturated heterocycles. The van der Waals surface area contributed by atoms with Gasteiger partial charge in [0.25, 0.3) is 0 Å². The lowest BCUT2D eigenvalue weighted by Crippen LogP contribution is -2.44. The van der Waals surface area contributed by atoms with Gasteiger partial charge in [-0.3, -0.25) is 4.79 Å². The Bertz CT molecular complexity index is 620. The highest BCUT2D eigenvalue weighted by Crippen LogP contribution is 2.27. The van der Waals surface area contributed by atoms with Crippen LogP contribution in [0.15, 0.2) is 23.9 Å². The first kappa shape index (κ1) is 17.8. The van der Waals surface area contributed by atoms with E-state index in [1.165, 1.54) is 6.42 Å². The van der Waals surface area contributed by atoms with E-state index in [9.17, 15) is 4.79 Å². The Morgan fingerprint density at radius 2 is 2.40 bits per heavy atom. The first-order chi connectivity index (χ1) is 12.3. The third-order valence-electron chi connectivity index (χ3n) is 4.54. The Hall–Kier alpha value is -1.99. The summed E-state index contributed by atoms with van der Waals surface area (Å²) < 4.78 is 10.6. The highest BCUT2D eigenvalue weighted by Gasteiger charge is 2.32. The lowest BCUT2D eigenvalue weighted by molar-refractivity contribution is -0.136. The first-order valence-electron chi connectivity index (χ1n) is 8.93. The molecule has 2 heterocycles. The van der Waals surface area contributed by atoms with Gasteiger partial charge in [0.15, 0.2) is 5.82 Å². The number of carbonyl (C=O) groups is 1. The SMILES string of the molecule is COCCNc1ccnc([C@H]2COCCN2C(=O)C2=CCCCC2)n1. The van der Waals surface area contributed by atoms with Crippen molar-refractivity contribution in [2.45, 2.75) is 31.7 Å². The second-order valence-electron chi connectivity index (χ2n) is 6.28. The molecule has 0 saturated carbocycles. The van der Waals surface area contributed by atoms with E-state index < -0.39 is 0 Å². The van der Waals surface area contributed by atoms with Crippen LogP contribution in [0, 0.1) is 0 Å². The maximum atomic E-state index is 12.9. The van der Waals surface area contributed by atoms with E-state index in [-0.39, 0.29) is 11.9 Å². The van der Waals surface area contributed by atoms with Crippen LogP contribution < -0.4 is 5.32 Å². The van der Waals surface area contributed by atoms with Crippen molar-refractivity contribution in [3.63, 3.8) is 0 Å². The fourth-order valence-corrected chi connectivity index (χ4v) is 3.19. The van der Waals surface area contributed by atoms with Gasteiger partial charge < -0.3 is 19.7 Å². The molecule has 1 N–H and O–H groups in total. The number of hydrogen-bond donors (Lipinski definition) is 1. The van der Waals surface area contributed by atoms with Crippen molar-refractivity contribution in [2.24, 2.45) is 0 Å². The van der Waals surface area contributed by atoms with Crippen molar-refractivity contribution in [3.8, 4) is 0 Å². The summed E-state index contributed by atoms with van der Waals surface area (Å²) in [4.78, 5) is 23.8. The number of nitrogens with zero attached hydrogens (tertiary/aromatic N) is 3. The summed E-state index contributed by atoms with van der Waals surface area (Å²) >= 11 is 0. The van der Waals surface area contributed by atoms with Crippen LogP contribution >= 0.6 is 0 Å². The third kappa shape index (κ3) is 4.55. The van der Waals surface area contributed by atoms with E-state index in [1.54, 1.807) is 13.3 Å². The normalized spacial score (nSPS) is 20.9. The van der Waals surface area contributed by atoms with Gasteiger partial charge in [0.1, 0.15) is 11.9 Å². The zero-order chi connectivity index (χ0) is 17.5. The van der Waals surface area contributed by atoms with Gasteiger partial charge in [-0.15, -0.1) is 0 Å². The van der Waals surface area contributed by atoms with Gasteiger partial charge in [-0.05, 0) is 31.7 Å². The molecule has 7 nitrogen and oxygen atoms in total. The molecule has 2 aliphatic rings. The number of ether oxygens (including phenoxy) is 2. The number of amides is 1. The summed E-state index contributed by atoms with van der Waals surface area (Å²) in [5, 5.41) is 3.20. The van der Waals surface area contributed by atoms with Crippen LogP contribution in [-0.4, -0.2) is 60.8 Å². The topological polar surface area (TPSA) is 76.6 Å². The van der Waals surface area contributed by atoms with Crippen LogP contribution in [0.4, 0.5) is 5.82 Å². The molecular formula is C18H26N4O3. The molecule has 0 unspecified atom stereocenters. The molecule has 136 valence electrons. The van der Waals surface area contributed by atoms with Gasteiger partial charge in [0, 0.05) is 32.0 Å². The maximum Gasteiger partial charge on any atom is 0.250 e. The maximum absolute atomic E-state index is 12.9. The fraction of sp³-hybridized carbons (Fsp3) is 0.611. The monoisotopic (exact) mass is 346 g/mol. The lowest BCUT2D eigenvalue weighted by Gasteiger charge is -2.35. The number of morpholine rings is 1. The molecule has 0 aromatic carbocycles. The van der Waals surface area contributed by atoms with Crippen molar-refractivity contribution < 1.29 is 14.3 Å². The average molecular weight is 346 g/mol. The quantitative estimate of drug-likeness (QED) is 0.793. The van der Waals surface area contributed by atoms with Crippen molar-refractivity contribution in [1.29, 1.82) is 0 Å². The van der Waals surface area contributed by atoms with Crippen LogP contribution in [0.2, 0.25) is 0 Å².